The third-order valence-electron chi connectivity index (χ3n) is 4.85. The number of benzene rings is 2. The Morgan fingerprint density at radius 3 is 2.54 bits per heavy atom. The average molecular weight is 378 g/mol. The number of amides is 1. The van der Waals surface area contributed by atoms with Crippen LogP contribution in [0.4, 0.5) is 5.69 Å². The smallest absolute Gasteiger partial charge is 0.254 e. The molecule has 4 rings (SSSR count). The van der Waals surface area contributed by atoms with E-state index in [1.165, 1.54) is 5.69 Å². The summed E-state index contributed by atoms with van der Waals surface area (Å²) in [5.41, 5.74) is 1.82. The van der Waals surface area contributed by atoms with E-state index in [1.54, 1.807) is 17.8 Å². The zero-order valence-electron chi connectivity index (χ0n) is 15.7. The number of anilines is 1. The number of aromatic nitrogens is 4. The van der Waals surface area contributed by atoms with E-state index >= 15 is 0 Å². The van der Waals surface area contributed by atoms with Gasteiger partial charge in [-0.05, 0) is 40.8 Å². The monoisotopic (exact) mass is 378 g/mol. The molecule has 0 bridgehead atoms. The number of hydrogen-bond acceptors (Lipinski definition) is 6. The van der Waals surface area contributed by atoms with E-state index in [0.717, 1.165) is 13.1 Å². The Bertz CT molecular complexity index is 935. The molecule has 0 saturated carbocycles. The maximum atomic E-state index is 12.9. The molecule has 1 saturated heterocycles. The Morgan fingerprint density at radius 2 is 1.82 bits per heavy atom. The summed E-state index contributed by atoms with van der Waals surface area (Å²) < 4.78 is 7.30. The molecule has 0 atom stereocenters. The average Bonchev–Trinajstić information content (AvgIpc) is 3.17. The topological polar surface area (TPSA) is 76.4 Å². The number of carbonyl (C=O) groups excluding carboxylic acids is 1. The van der Waals surface area contributed by atoms with Crippen LogP contribution >= 0.6 is 0 Å². The van der Waals surface area contributed by atoms with E-state index < -0.39 is 0 Å². The van der Waals surface area contributed by atoms with Gasteiger partial charge in [-0.15, -0.1) is 5.10 Å². The van der Waals surface area contributed by atoms with Crippen LogP contribution in [0.5, 0.6) is 5.75 Å². The molecule has 1 aliphatic rings. The lowest BCUT2D eigenvalue weighted by Crippen LogP contribution is -2.48. The van der Waals surface area contributed by atoms with Crippen molar-refractivity contribution < 1.29 is 9.53 Å². The van der Waals surface area contributed by atoms with E-state index in [2.05, 4.69) is 32.6 Å². The molecule has 1 amide bonds. The van der Waals surface area contributed by atoms with E-state index in [0.29, 0.717) is 30.2 Å². The van der Waals surface area contributed by atoms with Crippen molar-refractivity contribution in [2.75, 3.05) is 31.1 Å². The normalized spacial score (nSPS) is 14.2. The van der Waals surface area contributed by atoms with Gasteiger partial charge in [-0.3, -0.25) is 4.79 Å². The highest BCUT2D eigenvalue weighted by molar-refractivity contribution is 5.94. The summed E-state index contributed by atoms with van der Waals surface area (Å²) in [6.45, 7) is 3.29. The molecule has 0 aliphatic carbocycles. The van der Waals surface area contributed by atoms with Crippen LogP contribution in [0.25, 0.3) is 0 Å². The number of nitrogens with zero attached hydrogens (tertiary/aromatic N) is 6. The van der Waals surface area contributed by atoms with E-state index in [9.17, 15) is 4.79 Å². The fourth-order valence-corrected chi connectivity index (χ4v) is 3.23. The number of aryl methyl sites for hydroxylation is 1. The van der Waals surface area contributed by atoms with Gasteiger partial charge in [0.2, 0.25) is 0 Å². The minimum absolute atomic E-state index is 0.0264. The quantitative estimate of drug-likeness (QED) is 0.673. The summed E-state index contributed by atoms with van der Waals surface area (Å²) in [6, 6.07) is 17.5. The Hall–Kier alpha value is -3.42. The first-order valence-electron chi connectivity index (χ1n) is 9.24. The Morgan fingerprint density at radius 1 is 1.04 bits per heavy atom. The van der Waals surface area contributed by atoms with Crippen LogP contribution in [-0.4, -0.2) is 57.2 Å². The third-order valence-corrected chi connectivity index (χ3v) is 4.85. The van der Waals surface area contributed by atoms with Crippen LogP contribution in [0.2, 0.25) is 0 Å². The fraction of sp³-hybridized carbons (Fsp3) is 0.300. The van der Waals surface area contributed by atoms with Gasteiger partial charge in [-0.25, -0.2) is 4.68 Å². The van der Waals surface area contributed by atoms with Gasteiger partial charge < -0.3 is 14.5 Å². The molecule has 8 nitrogen and oxygen atoms in total. The molecule has 0 unspecified atom stereocenters. The summed E-state index contributed by atoms with van der Waals surface area (Å²) in [5.74, 6) is 1.27. The number of para-hydroxylation sites is 1. The Labute approximate surface area is 163 Å². The molecule has 3 aromatic rings. The summed E-state index contributed by atoms with van der Waals surface area (Å²) in [6.07, 6.45) is 0. The first kappa shape index (κ1) is 18.0. The molecule has 0 N–H and O–H groups in total. The number of tetrazole rings is 1. The third kappa shape index (κ3) is 3.95. The van der Waals surface area contributed by atoms with Crippen LogP contribution in [0.1, 0.15) is 16.2 Å². The van der Waals surface area contributed by atoms with Crippen molar-refractivity contribution in [3.05, 3.63) is 66.0 Å². The molecular weight excluding hydrogens is 356 g/mol. The van der Waals surface area contributed by atoms with Gasteiger partial charge in [0.25, 0.3) is 5.91 Å². The molecule has 1 aromatic heterocycles. The molecule has 8 heteroatoms. The lowest BCUT2D eigenvalue weighted by molar-refractivity contribution is 0.0746. The maximum absolute atomic E-state index is 12.9. The number of carbonyl (C=O) groups is 1. The van der Waals surface area contributed by atoms with Crippen molar-refractivity contribution in [3.63, 3.8) is 0 Å². The minimum Gasteiger partial charge on any atom is -0.486 e. The molecular formula is C20H22N6O2. The predicted octanol–water partition coefficient (Wildman–Crippen LogP) is 1.75. The van der Waals surface area contributed by atoms with Gasteiger partial charge in [-0.1, -0.05) is 24.3 Å². The van der Waals surface area contributed by atoms with Crippen molar-refractivity contribution in [3.8, 4) is 5.75 Å². The standard InChI is InChI=1S/C20H22N6O2/c1-24-19(21-22-23-24)15-28-18-9-5-6-16(14-18)20(27)26-12-10-25(11-13-26)17-7-3-2-4-8-17/h2-9,14H,10-13,15H2,1H3. The predicted molar refractivity (Wildman–Crippen MR) is 104 cm³/mol. The maximum Gasteiger partial charge on any atom is 0.254 e. The first-order chi connectivity index (χ1) is 13.7. The molecule has 0 spiro atoms. The fourth-order valence-electron chi connectivity index (χ4n) is 3.23. The zero-order valence-corrected chi connectivity index (χ0v) is 15.7. The van der Waals surface area contributed by atoms with Gasteiger partial charge in [0.1, 0.15) is 12.4 Å². The number of ether oxygens (including phenoxy) is 1. The van der Waals surface area contributed by atoms with Crippen molar-refractivity contribution >= 4 is 11.6 Å². The molecule has 2 heterocycles. The highest BCUT2D eigenvalue weighted by Crippen LogP contribution is 2.19. The Balaban J connectivity index is 1.36. The van der Waals surface area contributed by atoms with Crippen molar-refractivity contribution in [2.24, 2.45) is 7.05 Å². The summed E-state index contributed by atoms with van der Waals surface area (Å²) in [7, 11) is 1.76. The van der Waals surface area contributed by atoms with E-state index in [-0.39, 0.29) is 12.5 Å². The molecule has 2 aromatic carbocycles. The van der Waals surface area contributed by atoms with Gasteiger partial charge in [0.15, 0.2) is 5.82 Å². The zero-order chi connectivity index (χ0) is 19.3. The highest BCUT2D eigenvalue weighted by atomic mass is 16.5. The molecule has 0 radical (unpaired) electrons. The number of rotatable bonds is 5. The van der Waals surface area contributed by atoms with Gasteiger partial charge in [0, 0.05) is 44.5 Å². The molecule has 144 valence electrons. The minimum atomic E-state index is 0.0264. The van der Waals surface area contributed by atoms with Crippen LogP contribution in [0, 0.1) is 0 Å². The largest absolute Gasteiger partial charge is 0.486 e. The summed E-state index contributed by atoms with van der Waals surface area (Å²) in [4.78, 5) is 17.1. The van der Waals surface area contributed by atoms with Crippen molar-refractivity contribution in [1.29, 1.82) is 0 Å². The van der Waals surface area contributed by atoms with Crippen LogP contribution in [0.15, 0.2) is 54.6 Å². The highest BCUT2D eigenvalue weighted by Gasteiger charge is 2.22. The summed E-state index contributed by atoms with van der Waals surface area (Å²) >= 11 is 0. The van der Waals surface area contributed by atoms with Crippen LogP contribution in [0.3, 0.4) is 0 Å². The van der Waals surface area contributed by atoms with Gasteiger partial charge >= 0.3 is 0 Å². The first-order valence-corrected chi connectivity index (χ1v) is 9.24. The SMILES string of the molecule is Cn1nnnc1COc1cccc(C(=O)N2CCN(c3ccccc3)CC2)c1. The van der Waals surface area contributed by atoms with E-state index in [1.807, 2.05) is 41.3 Å². The second-order valence-electron chi connectivity index (χ2n) is 6.65. The number of piperazine rings is 1. The second-order valence-corrected chi connectivity index (χ2v) is 6.65. The van der Waals surface area contributed by atoms with Crippen molar-refractivity contribution in [1.82, 2.24) is 25.1 Å². The van der Waals surface area contributed by atoms with Crippen LogP contribution in [-0.2, 0) is 13.7 Å². The van der Waals surface area contributed by atoms with Gasteiger partial charge in [0.05, 0.1) is 0 Å². The van der Waals surface area contributed by atoms with Crippen molar-refractivity contribution in [2.45, 2.75) is 6.61 Å². The summed E-state index contributed by atoms with van der Waals surface area (Å²) in [5, 5.41) is 11.3. The van der Waals surface area contributed by atoms with E-state index in [4.69, 9.17) is 4.74 Å². The Kier molecular flexibility index (Phi) is 5.18. The lowest BCUT2D eigenvalue weighted by Gasteiger charge is -2.36. The van der Waals surface area contributed by atoms with Crippen LogP contribution < -0.4 is 9.64 Å². The molecule has 1 aliphatic heterocycles. The number of hydrogen-bond donors (Lipinski definition) is 0. The molecule has 1 fully saturated rings. The second kappa shape index (κ2) is 8.08. The lowest BCUT2D eigenvalue weighted by atomic mass is 10.1. The van der Waals surface area contributed by atoms with Gasteiger partial charge in [-0.2, -0.15) is 0 Å². The molecule has 28 heavy (non-hydrogen) atoms.